The lowest BCUT2D eigenvalue weighted by atomic mass is 9.53. The first kappa shape index (κ1) is 13.2. The minimum absolute atomic E-state index is 0.0835. The molecule has 0 aliphatic heterocycles. The second kappa shape index (κ2) is 4.63. The normalized spacial score (nSPS) is 31.3. The van der Waals surface area contributed by atoms with Crippen LogP contribution in [0.2, 0.25) is 0 Å². The summed E-state index contributed by atoms with van der Waals surface area (Å²) in [6.07, 6.45) is 4.16. The van der Waals surface area contributed by atoms with E-state index in [-0.39, 0.29) is 17.5 Å². The molecular weight excluding hydrogens is 258 g/mol. The largest absolute Gasteiger partial charge is 0.481 e. The molecule has 0 bridgehead atoms. The SMILES string of the molecule is COc1ccc(C(N)=O)c(O[C@H]2CC3(C[C@@H](N)C3)C2)n1. The lowest BCUT2D eigenvalue weighted by Gasteiger charge is -2.56. The monoisotopic (exact) mass is 277 g/mol. The Kier molecular flexibility index (Phi) is 3.05. The van der Waals surface area contributed by atoms with E-state index < -0.39 is 5.91 Å². The summed E-state index contributed by atoms with van der Waals surface area (Å²) in [5, 5.41) is 0. The van der Waals surface area contributed by atoms with Gasteiger partial charge in [0.25, 0.3) is 5.91 Å². The van der Waals surface area contributed by atoms with E-state index in [0.29, 0.717) is 17.3 Å². The number of nitrogens with two attached hydrogens (primary N) is 2. The number of amides is 1. The fourth-order valence-electron chi connectivity index (χ4n) is 3.35. The molecule has 2 fully saturated rings. The first-order valence-electron chi connectivity index (χ1n) is 6.78. The van der Waals surface area contributed by atoms with Gasteiger partial charge in [0.2, 0.25) is 11.8 Å². The number of carbonyl (C=O) groups is 1. The molecular formula is C14H19N3O3. The first-order valence-corrected chi connectivity index (χ1v) is 6.78. The maximum Gasteiger partial charge on any atom is 0.254 e. The maximum atomic E-state index is 11.4. The molecule has 20 heavy (non-hydrogen) atoms. The van der Waals surface area contributed by atoms with Crippen molar-refractivity contribution in [1.82, 2.24) is 4.98 Å². The van der Waals surface area contributed by atoms with E-state index in [9.17, 15) is 4.79 Å². The Labute approximate surface area is 117 Å². The highest BCUT2D eigenvalue weighted by atomic mass is 16.5. The highest BCUT2D eigenvalue weighted by Crippen LogP contribution is 2.56. The standard InChI is InChI=1S/C14H19N3O3/c1-19-11-3-2-10(12(16)18)13(17-11)20-9-6-14(7-9)4-8(15)5-14/h2-3,8-9H,4-7,15H2,1H3,(H2,16,18)/t8-,9-,14?. The van der Waals surface area contributed by atoms with Crippen molar-refractivity contribution in [2.24, 2.45) is 16.9 Å². The van der Waals surface area contributed by atoms with Gasteiger partial charge >= 0.3 is 0 Å². The van der Waals surface area contributed by atoms with Crippen LogP contribution in [0.25, 0.3) is 0 Å². The van der Waals surface area contributed by atoms with Crippen molar-refractivity contribution in [1.29, 1.82) is 0 Å². The zero-order chi connectivity index (χ0) is 14.3. The number of rotatable bonds is 4. The van der Waals surface area contributed by atoms with E-state index in [1.165, 1.54) is 7.11 Å². The van der Waals surface area contributed by atoms with Crippen LogP contribution >= 0.6 is 0 Å². The molecule has 0 atom stereocenters. The third-order valence-electron chi connectivity index (χ3n) is 4.30. The molecule has 1 spiro atoms. The molecule has 1 amide bonds. The molecule has 0 aromatic carbocycles. The topological polar surface area (TPSA) is 100 Å². The van der Waals surface area contributed by atoms with Crippen LogP contribution in [-0.4, -0.2) is 30.1 Å². The third-order valence-corrected chi connectivity index (χ3v) is 4.30. The number of hydrogen-bond donors (Lipinski definition) is 2. The predicted octanol–water partition coefficient (Wildman–Crippen LogP) is 0.838. The third kappa shape index (κ3) is 2.20. The molecule has 3 rings (SSSR count). The quantitative estimate of drug-likeness (QED) is 0.849. The van der Waals surface area contributed by atoms with Crippen LogP contribution < -0.4 is 20.9 Å². The van der Waals surface area contributed by atoms with Gasteiger partial charge in [-0.3, -0.25) is 4.79 Å². The van der Waals surface area contributed by atoms with Gasteiger partial charge in [0, 0.05) is 12.1 Å². The molecule has 2 aliphatic carbocycles. The van der Waals surface area contributed by atoms with Gasteiger partial charge in [0.1, 0.15) is 11.7 Å². The molecule has 2 aliphatic rings. The number of carbonyl (C=O) groups excluding carboxylic acids is 1. The minimum atomic E-state index is -0.546. The molecule has 0 saturated heterocycles. The van der Waals surface area contributed by atoms with Gasteiger partial charge in [-0.25, -0.2) is 0 Å². The van der Waals surface area contributed by atoms with Crippen molar-refractivity contribution >= 4 is 5.91 Å². The molecule has 1 aromatic heterocycles. The van der Waals surface area contributed by atoms with E-state index in [1.807, 2.05) is 0 Å². The van der Waals surface area contributed by atoms with Gasteiger partial charge in [-0.1, -0.05) is 0 Å². The van der Waals surface area contributed by atoms with Crippen LogP contribution in [0.5, 0.6) is 11.8 Å². The Morgan fingerprint density at radius 1 is 1.35 bits per heavy atom. The smallest absolute Gasteiger partial charge is 0.254 e. The number of aromatic nitrogens is 1. The number of ether oxygens (including phenoxy) is 2. The van der Waals surface area contributed by atoms with Crippen LogP contribution in [0.1, 0.15) is 36.0 Å². The van der Waals surface area contributed by atoms with Crippen molar-refractivity contribution in [3.63, 3.8) is 0 Å². The molecule has 6 nitrogen and oxygen atoms in total. The Hall–Kier alpha value is -1.82. The van der Waals surface area contributed by atoms with E-state index in [1.54, 1.807) is 12.1 Å². The zero-order valence-electron chi connectivity index (χ0n) is 11.5. The predicted molar refractivity (Wildman–Crippen MR) is 72.6 cm³/mol. The summed E-state index contributed by atoms with van der Waals surface area (Å²) in [5.41, 5.74) is 11.8. The summed E-state index contributed by atoms with van der Waals surface area (Å²) in [4.78, 5) is 15.6. The average molecular weight is 277 g/mol. The molecule has 2 saturated carbocycles. The Balaban J connectivity index is 1.69. The van der Waals surface area contributed by atoms with E-state index in [4.69, 9.17) is 20.9 Å². The van der Waals surface area contributed by atoms with Crippen LogP contribution in [-0.2, 0) is 0 Å². The highest BCUT2D eigenvalue weighted by Gasteiger charge is 2.53. The Bertz CT molecular complexity index is 532. The molecule has 0 unspecified atom stereocenters. The molecule has 108 valence electrons. The van der Waals surface area contributed by atoms with Crippen molar-refractivity contribution < 1.29 is 14.3 Å². The maximum absolute atomic E-state index is 11.4. The van der Waals surface area contributed by atoms with Gasteiger partial charge < -0.3 is 20.9 Å². The van der Waals surface area contributed by atoms with Crippen molar-refractivity contribution in [3.8, 4) is 11.8 Å². The summed E-state index contributed by atoms with van der Waals surface area (Å²) in [6.45, 7) is 0. The van der Waals surface area contributed by atoms with Gasteiger partial charge in [0.05, 0.1) is 7.11 Å². The van der Waals surface area contributed by atoms with Crippen molar-refractivity contribution in [2.75, 3.05) is 7.11 Å². The first-order chi connectivity index (χ1) is 9.51. The van der Waals surface area contributed by atoms with Gasteiger partial charge in [-0.05, 0) is 37.2 Å². The zero-order valence-corrected chi connectivity index (χ0v) is 11.5. The average Bonchev–Trinajstić information content (AvgIpc) is 2.34. The van der Waals surface area contributed by atoms with E-state index >= 15 is 0 Å². The summed E-state index contributed by atoms with van der Waals surface area (Å²) in [7, 11) is 1.52. The lowest BCUT2D eigenvalue weighted by Crippen LogP contribution is -2.56. The fourth-order valence-corrected chi connectivity index (χ4v) is 3.35. The van der Waals surface area contributed by atoms with E-state index in [2.05, 4.69) is 4.98 Å². The fraction of sp³-hybridized carbons (Fsp3) is 0.571. The number of primary amides is 1. The second-order valence-electron chi connectivity index (χ2n) is 5.89. The van der Waals surface area contributed by atoms with Gasteiger partial charge in [-0.2, -0.15) is 4.98 Å². The number of hydrogen-bond acceptors (Lipinski definition) is 5. The Morgan fingerprint density at radius 2 is 2.05 bits per heavy atom. The summed E-state index contributed by atoms with van der Waals surface area (Å²) < 4.78 is 10.9. The van der Waals surface area contributed by atoms with Gasteiger partial charge in [0.15, 0.2) is 0 Å². The van der Waals surface area contributed by atoms with Crippen molar-refractivity contribution in [2.45, 2.75) is 37.8 Å². The van der Waals surface area contributed by atoms with Crippen molar-refractivity contribution in [3.05, 3.63) is 17.7 Å². The summed E-state index contributed by atoms with van der Waals surface area (Å²) in [5.74, 6) is 0.125. The lowest BCUT2D eigenvalue weighted by molar-refractivity contribution is -0.0798. The van der Waals surface area contributed by atoms with E-state index in [0.717, 1.165) is 25.7 Å². The van der Waals surface area contributed by atoms with Gasteiger partial charge in [-0.15, -0.1) is 0 Å². The number of pyridine rings is 1. The van der Waals surface area contributed by atoms with Crippen LogP contribution in [0.3, 0.4) is 0 Å². The van der Waals surface area contributed by atoms with Crippen LogP contribution in [0, 0.1) is 5.41 Å². The molecule has 0 radical (unpaired) electrons. The second-order valence-corrected chi connectivity index (χ2v) is 5.89. The Morgan fingerprint density at radius 3 is 2.60 bits per heavy atom. The molecule has 1 aromatic rings. The molecule has 4 N–H and O–H groups in total. The van der Waals surface area contributed by atoms with Crippen LogP contribution in [0.4, 0.5) is 0 Å². The summed E-state index contributed by atoms with van der Waals surface area (Å²) in [6, 6.07) is 3.52. The highest BCUT2D eigenvalue weighted by molar-refractivity contribution is 5.95. The van der Waals surface area contributed by atoms with Crippen LogP contribution in [0.15, 0.2) is 12.1 Å². The number of methoxy groups -OCH3 is 1. The minimum Gasteiger partial charge on any atom is -0.481 e. The number of nitrogens with zero attached hydrogens (tertiary/aromatic N) is 1. The summed E-state index contributed by atoms with van der Waals surface area (Å²) >= 11 is 0. The molecule has 1 heterocycles. The molecule has 6 heteroatoms.